The van der Waals surface area contributed by atoms with Crippen molar-refractivity contribution in [3.05, 3.63) is 35.8 Å². The molecule has 0 radical (unpaired) electrons. The number of benzene rings is 1. The number of nitrogens with zero attached hydrogens (tertiary/aromatic N) is 4. The summed E-state index contributed by atoms with van der Waals surface area (Å²) in [6, 6.07) is 4.73. The molecule has 3 rings (SSSR count). The van der Waals surface area contributed by atoms with Crippen molar-refractivity contribution < 1.29 is 13.9 Å². The molecule has 1 aromatic carbocycles. The first-order chi connectivity index (χ1) is 11.6. The predicted octanol–water partition coefficient (Wildman–Crippen LogP) is 2.00. The molecule has 1 saturated heterocycles. The predicted molar refractivity (Wildman–Crippen MR) is 90.2 cm³/mol. The molecule has 6 nitrogen and oxygen atoms in total. The van der Waals surface area contributed by atoms with E-state index < -0.39 is 5.82 Å². The number of anilines is 2. The third-order valence-electron chi connectivity index (χ3n) is 3.92. The topological polar surface area (TPSA) is 58.6 Å². The highest BCUT2D eigenvalue weighted by molar-refractivity contribution is 5.83. The maximum Gasteiger partial charge on any atom is 0.227 e. The summed E-state index contributed by atoms with van der Waals surface area (Å²) in [4.78, 5) is 23.8. The fourth-order valence-corrected chi connectivity index (χ4v) is 2.66. The third kappa shape index (κ3) is 3.07. The second-order valence-electron chi connectivity index (χ2n) is 5.73. The van der Waals surface area contributed by atoms with Crippen molar-refractivity contribution in [2.75, 3.05) is 50.2 Å². The highest BCUT2D eigenvalue weighted by atomic mass is 19.1. The van der Waals surface area contributed by atoms with Crippen LogP contribution >= 0.6 is 0 Å². The molecule has 7 heteroatoms. The van der Waals surface area contributed by atoms with Gasteiger partial charge >= 0.3 is 0 Å². The molecule has 1 fully saturated rings. The minimum atomic E-state index is -0.557. The lowest BCUT2D eigenvalue weighted by molar-refractivity contribution is 0.112. The molecular weight excluding hydrogens is 311 g/mol. The highest BCUT2D eigenvalue weighted by Crippen LogP contribution is 2.32. The van der Waals surface area contributed by atoms with E-state index in [9.17, 15) is 9.18 Å². The van der Waals surface area contributed by atoms with Crippen LogP contribution in [-0.2, 0) is 4.74 Å². The molecule has 0 N–H and O–H groups in total. The highest BCUT2D eigenvalue weighted by Gasteiger charge is 2.20. The summed E-state index contributed by atoms with van der Waals surface area (Å²) in [7, 11) is 3.69. The maximum atomic E-state index is 14.5. The van der Waals surface area contributed by atoms with Crippen LogP contribution < -0.4 is 9.80 Å². The Hall–Kier alpha value is -2.54. The van der Waals surface area contributed by atoms with E-state index in [0.717, 1.165) is 13.1 Å². The molecule has 1 aliphatic heterocycles. The number of aldehydes is 1. The van der Waals surface area contributed by atoms with Crippen LogP contribution in [0.4, 0.5) is 16.2 Å². The Labute approximate surface area is 139 Å². The summed E-state index contributed by atoms with van der Waals surface area (Å²) >= 11 is 0. The van der Waals surface area contributed by atoms with Gasteiger partial charge in [0.2, 0.25) is 5.95 Å². The van der Waals surface area contributed by atoms with E-state index in [0.29, 0.717) is 42.4 Å². The lowest BCUT2D eigenvalue weighted by atomic mass is 10.0. The molecule has 0 amide bonds. The number of hydrogen-bond donors (Lipinski definition) is 0. The number of carbonyl (C=O) groups is 1. The van der Waals surface area contributed by atoms with Crippen LogP contribution in [0, 0.1) is 5.82 Å². The van der Waals surface area contributed by atoms with Gasteiger partial charge in [0.15, 0.2) is 6.29 Å². The molecule has 0 unspecified atom stereocenters. The van der Waals surface area contributed by atoms with Crippen LogP contribution in [0.3, 0.4) is 0 Å². The average molecular weight is 330 g/mol. The largest absolute Gasteiger partial charge is 0.378 e. The van der Waals surface area contributed by atoms with E-state index in [1.54, 1.807) is 18.3 Å². The second kappa shape index (κ2) is 6.92. The van der Waals surface area contributed by atoms with Gasteiger partial charge in [-0.1, -0.05) is 12.1 Å². The molecule has 0 bridgehead atoms. The first-order valence-corrected chi connectivity index (χ1v) is 7.73. The van der Waals surface area contributed by atoms with Gasteiger partial charge in [0.05, 0.1) is 18.8 Å². The van der Waals surface area contributed by atoms with E-state index >= 15 is 0 Å². The molecule has 1 aliphatic rings. The van der Waals surface area contributed by atoms with Crippen LogP contribution in [0.15, 0.2) is 24.4 Å². The Balaban J connectivity index is 2.06. The molecule has 126 valence electrons. The number of ether oxygens (including phenoxy) is 1. The van der Waals surface area contributed by atoms with Gasteiger partial charge in [0.25, 0.3) is 0 Å². The molecule has 24 heavy (non-hydrogen) atoms. The lowest BCUT2D eigenvalue weighted by Crippen LogP contribution is -2.37. The molecule has 2 aromatic rings. The van der Waals surface area contributed by atoms with Crippen LogP contribution in [0.2, 0.25) is 0 Å². The van der Waals surface area contributed by atoms with E-state index in [2.05, 4.69) is 9.97 Å². The minimum absolute atomic E-state index is 0.0226. The Bertz CT molecular complexity index is 745. The van der Waals surface area contributed by atoms with E-state index in [1.807, 2.05) is 23.9 Å². The van der Waals surface area contributed by atoms with Gasteiger partial charge in [-0.15, -0.1) is 0 Å². The van der Waals surface area contributed by atoms with Crippen molar-refractivity contribution in [3.63, 3.8) is 0 Å². The number of aromatic nitrogens is 2. The Morgan fingerprint density at radius 1 is 1.25 bits per heavy atom. The minimum Gasteiger partial charge on any atom is -0.378 e. The quantitative estimate of drug-likeness (QED) is 0.799. The normalized spacial score (nSPS) is 14.5. The van der Waals surface area contributed by atoms with Crippen LogP contribution in [0.25, 0.3) is 11.1 Å². The summed E-state index contributed by atoms with van der Waals surface area (Å²) in [5.74, 6) is 0.643. The first kappa shape index (κ1) is 16.3. The smallest absolute Gasteiger partial charge is 0.227 e. The molecule has 0 aliphatic carbocycles. The lowest BCUT2D eigenvalue weighted by Gasteiger charge is -2.28. The van der Waals surface area contributed by atoms with E-state index in [4.69, 9.17) is 4.74 Å². The Kier molecular flexibility index (Phi) is 4.71. The molecule has 2 heterocycles. The molecule has 0 saturated carbocycles. The number of carbonyl (C=O) groups excluding carboxylic acids is 1. The van der Waals surface area contributed by atoms with Gasteiger partial charge < -0.3 is 14.5 Å². The van der Waals surface area contributed by atoms with Gasteiger partial charge in [-0.25, -0.2) is 9.37 Å². The van der Waals surface area contributed by atoms with Gasteiger partial charge in [-0.3, -0.25) is 4.79 Å². The number of hydrogen-bond acceptors (Lipinski definition) is 6. The van der Waals surface area contributed by atoms with Crippen molar-refractivity contribution >= 4 is 18.1 Å². The molecule has 0 spiro atoms. The summed E-state index contributed by atoms with van der Waals surface area (Å²) in [5.41, 5.74) is 0.893. The van der Waals surface area contributed by atoms with Crippen molar-refractivity contribution in [2.24, 2.45) is 0 Å². The zero-order valence-corrected chi connectivity index (χ0v) is 13.7. The summed E-state index contributed by atoms with van der Waals surface area (Å²) < 4.78 is 19.9. The van der Waals surface area contributed by atoms with Crippen LogP contribution in [0.1, 0.15) is 10.4 Å². The number of morpholine rings is 1. The fourth-order valence-electron chi connectivity index (χ4n) is 2.66. The van der Waals surface area contributed by atoms with Gasteiger partial charge in [-0.2, -0.15) is 4.98 Å². The van der Waals surface area contributed by atoms with E-state index in [1.165, 1.54) is 6.07 Å². The number of halogens is 1. The third-order valence-corrected chi connectivity index (χ3v) is 3.92. The van der Waals surface area contributed by atoms with Gasteiger partial charge in [0, 0.05) is 44.5 Å². The van der Waals surface area contributed by atoms with Crippen LogP contribution in [-0.4, -0.2) is 56.7 Å². The van der Waals surface area contributed by atoms with Crippen molar-refractivity contribution in [2.45, 2.75) is 0 Å². The van der Waals surface area contributed by atoms with Gasteiger partial charge in [0.1, 0.15) is 11.6 Å². The van der Waals surface area contributed by atoms with Crippen LogP contribution in [0.5, 0.6) is 0 Å². The summed E-state index contributed by atoms with van der Waals surface area (Å²) in [6.45, 7) is 2.72. The van der Waals surface area contributed by atoms with Crippen molar-refractivity contribution in [1.82, 2.24) is 9.97 Å². The maximum absolute atomic E-state index is 14.5. The summed E-state index contributed by atoms with van der Waals surface area (Å²) in [5, 5.41) is 0. The molecule has 1 aromatic heterocycles. The Morgan fingerprint density at radius 3 is 2.67 bits per heavy atom. The SMILES string of the molecule is CN(C)c1nc(N2CCOCC2)ncc1-c1cccc(C=O)c1F. The van der Waals surface area contributed by atoms with Crippen molar-refractivity contribution in [1.29, 1.82) is 0 Å². The fraction of sp³-hybridized carbons (Fsp3) is 0.353. The van der Waals surface area contributed by atoms with Crippen molar-refractivity contribution in [3.8, 4) is 11.1 Å². The monoisotopic (exact) mass is 330 g/mol. The van der Waals surface area contributed by atoms with Gasteiger partial charge in [-0.05, 0) is 6.07 Å². The average Bonchev–Trinajstić information content (AvgIpc) is 2.62. The zero-order valence-electron chi connectivity index (χ0n) is 13.7. The molecular formula is C17H19FN4O2. The molecule has 0 atom stereocenters. The second-order valence-corrected chi connectivity index (χ2v) is 5.73. The first-order valence-electron chi connectivity index (χ1n) is 7.73. The Morgan fingerprint density at radius 2 is 2.00 bits per heavy atom. The zero-order chi connectivity index (χ0) is 17.1. The number of rotatable bonds is 4. The van der Waals surface area contributed by atoms with E-state index in [-0.39, 0.29) is 5.56 Å². The standard InChI is InChI=1S/C17H19FN4O2/c1-21(2)16-14(13-5-3-4-12(11-23)15(13)18)10-19-17(20-16)22-6-8-24-9-7-22/h3-5,10-11H,6-9H2,1-2H3. The summed E-state index contributed by atoms with van der Waals surface area (Å²) in [6.07, 6.45) is 2.12.